The average Bonchev–Trinajstić information content (AvgIpc) is 2.33. The van der Waals surface area contributed by atoms with Crippen LogP contribution in [0.1, 0.15) is 5.56 Å². The summed E-state index contributed by atoms with van der Waals surface area (Å²) >= 11 is 6.26. The van der Waals surface area contributed by atoms with Crippen molar-refractivity contribution in [3.05, 3.63) is 22.7 Å². The maximum atomic E-state index is 6.26. The van der Waals surface area contributed by atoms with Crippen molar-refractivity contribution in [2.45, 2.75) is 13.0 Å². The summed E-state index contributed by atoms with van der Waals surface area (Å²) in [4.78, 5) is 4.86. The highest BCUT2D eigenvalue weighted by Crippen LogP contribution is 2.40. The molecule has 0 spiro atoms. The van der Waals surface area contributed by atoms with Gasteiger partial charge >= 0.3 is 0 Å². The lowest BCUT2D eigenvalue weighted by Crippen LogP contribution is -2.58. The first-order chi connectivity index (χ1) is 8.18. The van der Waals surface area contributed by atoms with Crippen LogP contribution in [0.2, 0.25) is 5.02 Å². The van der Waals surface area contributed by atoms with Crippen molar-refractivity contribution in [1.82, 2.24) is 5.32 Å². The SMILES string of the molecule is Cc1c(Cl)ccc2c1N1CCNCC1CN2C. The molecule has 0 amide bonds. The van der Waals surface area contributed by atoms with Crippen LogP contribution in [0.4, 0.5) is 11.4 Å². The number of hydrogen-bond acceptors (Lipinski definition) is 3. The number of benzene rings is 1. The van der Waals surface area contributed by atoms with Gasteiger partial charge in [0.05, 0.1) is 17.4 Å². The average molecular weight is 252 g/mol. The zero-order valence-corrected chi connectivity index (χ0v) is 11.1. The fourth-order valence-electron chi connectivity index (χ4n) is 2.96. The molecule has 0 saturated carbocycles. The molecule has 0 bridgehead atoms. The van der Waals surface area contributed by atoms with Crippen LogP contribution in [0.25, 0.3) is 0 Å². The van der Waals surface area contributed by atoms with Gasteiger partial charge in [-0.05, 0) is 24.6 Å². The number of nitrogens with zero attached hydrogens (tertiary/aromatic N) is 2. The van der Waals surface area contributed by atoms with Gasteiger partial charge in [0.25, 0.3) is 0 Å². The molecule has 0 radical (unpaired) electrons. The minimum atomic E-state index is 0.568. The summed E-state index contributed by atoms with van der Waals surface area (Å²) in [5, 5.41) is 4.34. The third-order valence-corrected chi connectivity index (χ3v) is 4.29. The van der Waals surface area contributed by atoms with E-state index in [1.807, 2.05) is 6.07 Å². The molecular weight excluding hydrogens is 234 g/mol. The molecular formula is C13H18ClN3. The van der Waals surface area contributed by atoms with Crippen LogP contribution >= 0.6 is 11.6 Å². The van der Waals surface area contributed by atoms with Crippen molar-refractivity contribution in [3.63, 3.8) is 0 Å². The van der Waals surface area contributed by atoms with Gasteiger partial charge < -0.3 is 15.1 Å². The molecule has 17 heavy (non-hydrogen) atoms. The van der Waals surface area contributed by atoms with E-state index in [0.717, 1.165) is 31.2 Å². The first kappa shape index (κ1) is 11.2. The zero-order valence-electron chi connectivity index (χ0n) is 10.3. The quantitative estimate of drug-likeness (QED) is 0.760. The lowest BCUT2D eigenvalue weighted by Gasteiger charge is -2.47. The van der Waals surface area contributed by atoms with Crippen molar-refractivity contribution in [1.29, 1.82) is 0 Å². The summed E-state index contributed by atoms with van der Waals surface area (Å²) in [7, 11) is 2.16. The monoisotopic (exact) mass is 251 g/mol. The minimum Gasteiger partial charge on any atom is -0.371 e. The summed E-state index contributed by atoms with van der Waals surface area (Å²) in [5.74, 6) is 0. The van der Waals surface area contributed by atoms with E-state index in [-0.39, 0.29) is 0 Å². The summed E-state index contributed by atoms with van der Waals surface area (Å²) in [5.41, 5.74) is 3.85. The van der Waals surface area contributed by atoms with Gasteiger partial charge in [-0.15, -0.1) is 0 Å². The molecule has 3 rings (SSSR count). The largest absolute Gasteiger partial charge is 0.371 e. The Bertz CT molecular complexity index is 447. The lowest BCUT2D eigenvalue weighted by molar-refractivity contribution is 0.465. The van der Waals surface area contributed by atoms with E-state index in [0.29, 0.717) is 6.04 Å². The second-order valence-electron chi connectivity index (χ2n) is 4.97. The number of hydrogen-bond donors (Lipinski definition) is 1. The molecule has 4 heteroatoms. The summed E-state index contributed by atoms with van der Waals surface area (Å²) in [6.45, 7) is 6.41. The van der Waals surface area contributed by atoms with Gasteiger partial charge in [-0.1, -0.05) is 11.6 Å². The second-order valence-corrected chi connectivity index (χ2v) is 5.38. The molecule has 1 atom stereocenters. The molecule has 0 aliphatic carbocycles. The Morgan fingerprint density at radius 1 is 1.41 bits per heavy atom. The Kier molecular flexibility index (Phi) is 2.68. The van der Waals surface area contributed by atoms with E-state index in [9.17, 15) is 0 Å². The van der Waals surface area contributed by atoms with Crippen LogP contribution in [-0.2, 0) is 0 Å². The third-order valence-electron chi connectivity index (χ3n) is 3.88. The highest BCUT2D eigenvalue weighted by atomic mass is 35.5. The number of halogens is 1. The highest BCUT2D eigenvalue weighted by molar-refractivity contribution is 6.32. The van der Waals surface area contributed by atoms with E-state index in [4.69, 9.17) is 11.6 Å². The zero-order chi connectivity index (χ0) is 12.0. The van der Waals surface area contributed by atoms with E-state index < -0.39 is 0 Å². The highest BCUT2D eigenvalue weighted by Gasteiger charge is 2.32. The molecule has 2 aliphatic heterocycles. The predicted octanol–water partition coefficient (Wildman–Crippen LogP) is 1.88. The van der Waals surface area contributed by atoms with Gasteiger partial charge in [-0.3, -0.25) is 0 Å². The molecule has 1 fully saturated rings. The smallest absolute Gasteiger partial charge is 0.0652 e. The number of piperazine rings is 1. The van der Waals surface area contributed by atoms with E-state index in [1.54, 1.807) is 0 Å². The molecule has 3 nitrogen and oxygen atoms in total. The number of likely N-dealkylation sites (N-methyl/N-ethyl adjacent to an activating group) is 1. The summed E-state index contributed by atoms with van der Waals surface area (Å²) in [6, 6.07) is 4.72. The maximum Gasteiger partial charge on any atom is 0.0652 e. The molecule has 2 heterocycles. The minimum absolute atomic E-state index is 0.568. The van der Waals surface area contributed by atoms with E-state index in [2.05, 4.69) is 35.2 Å². The number of nitrogens with one attached hydrogen (secondary N) is 1. The lowest BCUT2D eigenvalue weighted by atomic mass is 10.0. The Balaban J connectivity index is 2.13. The molecule has 2 aliphatic rings. The standard InChI is InChI=1S/C13H18ClN3/c1-9-11(14)3-4-12-13(9)17-6-5-15-7-10(17)8-16(12)2/h3-4,10,15H,5-8H2,1-2H3. The third kappa shape index (κ3) is 1.69. The normalized spacial score (nSPS) is 23.4. The second kappa shape index (κ2) is 4.07. The van der Waals surface area contributed by atoms with Crippen LogP contribution in [0.3, 0.4) is 0 Å². The fourth-order valence-corrected chi connectivity index (χ4v) is 3.12. The summed E-state index contributed by atoms with van der Waals surface area (Å²) in [6.07, 6.45) is 0. The van der Waals surface area contributed by atoms with Crippen LogP contribution < -0.4 is 15.1 Å². The van der Waals surface area contributed by atoms with Crippen LogP contribution in [0.5, 0.6) is 0 Å². The van der Waals surface area contributed by atoms with Crippen molar-refractivity contribution < 1.29 is 0 Å². The first-order valence-corrected chi connectivity index (χ1v) is 6.54. The predicted molar refractivity (Wildman–Crippen MR) is 73.5 cm³/mol. The van der Waals surface area contributed by atoms with Crippen molar-refractivity contribution >= 4 is 23.0 Å². The molecule has 92 valence electrons. The Hall–Kier alpha value is -0.930. The summed E-state index contributed by atoms with van der Waals surface area (Å²) < 4.78 is 0. The van der Waals surface area contributed by atoms with Crippen molar-refractivity contribution in [3.8, 4) is 0 Å². The van der Waals surface area contributed by atoms with Gasteiger partial charge in [-0.25, -0.2) is 0 Å². The number of fused-ring (bicyclic) bond motifs is 3. The van der Waals surface area contributed by atoms with Crippen molar-refractivity contribution in [2.75, 3.05) is 43.0 Å². The first-order valence-electron chi connectivity index (χ1n) is 6.16. The van der Waals surface area contributed by atoms with Gasteiger partial charge in [-0.2, -0.15) is 0 Å². The fraction of sp³-hybridized carbons (Fsp3) is 0.538. The van der Waals surface area contributed by atoms with Crippen LogP contribution in [-0.4, -0.2) is 39.3 Å². The Morgan fingerprint density at radius 3 is 3.06 bits per heavy atom. The molecule has 1 N–H and O–H groups in total. The number of rotatable bonds is 0. The van der Waals surface area contributed by atoms with Crippen LogP contribution in [0.15, 0.2) is 12.1 Å². The molecule has 1 aromatic carbocycles. The van der Waals surface area contributed by atoms with Crippen LogP contribution in [0, 0.1) is 6.92 Å². The van der Waals surface area contributed by atoms with Gasteiger partial charge in [0.2, 0.25) is 0 Å². The molecule has 0 aromatic heterocycles. The maximum absolute atomic E-state index is 6.26. The van der Waals surface area contributed by atoms with Crippen molar-refractivity contribution in [2.24, 2.45) is 0 Å². The van der Waals surface area contributed by atoms with E-state index >= 15 is 0 Å². The molecule has 1 aromatic rings. The van der Waals surface area contributed by atoms with Gasteiger partial charge in [0.15, 0.2) is 0 Å². The van der Waals surface area contributed by atoms with E-state index in [1.165, 1.54) is 16.9 Å². The molecule has 1 saturated heterocycles. The number of anilines is 2. The molecule has 1 unspecified atom stereocenters. The van der Waals surface area contributed by atoms with Gasteiger partial charge in [0.1, 0.15) is 0 Å². The Labute approximate surface area is 107 Å². The Morgan fingerprint density at radius 2 is 2.24 bits per heavy atom. The van der Waals surface area contributed by atoms with Gasteiger partial charge in [0, 0.05) is 38.2 Å². The topological polar surface area (TPSA) is 18.5 Å².